The SMILES string of the molecule is CC(C)(C)Cn1c(CBr)cc2cnc(C#N)nc21.CC(C)(C)Cn1c(CN2C(=O)NC3(CCN(c4ncccn4)CC3)C2=O)cc2cnc(C#N)nc21.O=C1NC(=O)C2(CCN(c3ncccn3)CC2)N1. The summed E-state index contributed by atoms with van der Waals surface area (Å²) in [4.78, 5) is 88.6. The van der Waals surface area contributed by atoms with Gasteiger partial charge in [0, 0.05) is 104 Å². The largest absolute Gasteiger partial charge is 0.341 e. The first-order valence-electron chi connectivity index (χ1n) is 23.2. The van der Waals surface area contributed by atoms with Gasteiger partial charge >= 0.3 is 12.1 Å². The molecule has 0 bridgehead atoms. The Morgan fingerprint density at radius 3 is 1.52 bits per heavy atom. The number of nitrogens with one attached hydrogen (secondary N) is 3. The molecular weight excluding hydrogens is 973 g/mol. The smallest absolute Gasteiger partial charge is 0.325 e. The number of imide groups is 2. The highest BCUT2D eigenvalue weighted by Gasteiger charge is 2.53. The number of nitriles is 2. The van der Waals surface area contributed by atoms with Crippen LogP contribution in [0.25, 0.3) is 22.1 Å². The topological polar surface area (TPSA) is 275 Å². The molecule has 4 aliphatic rings. The summed E-state index contributed by atoms with van der Waals surface area (Å²) in [5.41, 5.74) is 1.80. The van der Waals surface area contributed by atoms with Crippen molar-refractivity contribution in [2.45, 2.75) is 103 Å². The van der Waals surface area contributed by atoms with E-state index in [1.54, 1.807) is 49.3 Å². The van der Waals surface area contributed by atoms with E-state index >= 15 is 0 Å². The predicted molar refractivity (Wildman–Crippen MR) is 264 cm³/mol. The van der Waals surface area contributed by atoms with Gasteiger partial charge in [-0.1, -0.05) is 57.5 Å². The third kappa shape index (κ3) is 10.9. The van der Waals surface area contributed by atoms with Crippen LogP contribution < -0.4 is 25.8 Å². The van der Waals surface area contributed by atoms with E-state index in [9.17, 15) is 24.4 Å². The quantitative estimate of drug-likeness (QED) is 0.138. The fourth-order valence-electron chi connectivity index (χ4n) is 9.12. The number of aromatic nitrogens is 10. The Hall–Kier alpha value is -7.66. The summed E-state index contributed by atoms with van der Waals surface area (Å²) in [6.07, 6.45) is 12.2. The van der Waals surface area contributed by atoms with Crippen LogP contribution in [0.15, 0.2) is 61.4 Å². The van der Waals surface area contributed by atoms with E-state index in [1.807, 2.05) is 32.6 Å². The Morgan fingerprint density at radius 2 is 1.10 bits per heavy atom. The van der Waals surface area contributed by atoms with Crippen molar-refractivity contribution in [2.75, 3.05) is 36.0 Å². The Morgan fingerprint density at radius 1 is 0.648 bits per heavy atom. The number of anilines is 2. The first kappa shape index (κ1) is 49.8. The third-order valence-electron chi connectivity index (χ3n) is 12.5. The van der Waals surface area contributed by atoms with Crippen LogP contribution in [0.4, 0.5) is 21.5 Å². The minimum Gasteiger partial charge on any atom is -0.341 e. The Bertz CT molecular complexity index is 3040. The van der Waals surface area contributed by atoms with Crippen molar-refractivity contribution in [3.8, 4) is 12.1 Å². The van der Waals surface area contributed by atoms with Crippen LogP contribution in [-0.2, 0) is 34.6 Å². The second-order valence-corrected chi connectivity index (χ2v) is 20.9. The number of carbonyl (C=O) groups excluding carboxylic acids is 4. The molecule has 6 aromatic rings. The zero-order valence-electron chi connectivity index (χ0n) is 40.5. The second-order valence-electron chi connectivity index (χ2n) is 20.3. The van der Waals surface area contributed by atoms with E-state index < -0.39 is 23.1 Å². The lowest BCUT2D eigenvalue weighted by atomic mass is 9.87. The fourth-order valence-corrected chi connectivity index (χ4v) is 9.59. The Labute approximate surface area is 418 Å². The van der Waals surface area contributed by atoms with Crippen LogP contribution >= 0.6 is 15.9 Å². The molecule has 368 valence electrons. The van der Waals surface area contributed by atoms with Crippen molar-refractivity contribution >= 4 is 73.8 Å². The van der Waals surface area contributed by atoms with Gasteiger partial charge in [0.15, 0.2) is 0 Å². The highest BCUT2D eigenvalue weighted by Crippen LogP contribution is 2.33. The van der Waals surface area contributed by atoms with Crippen LogP contribution in [0.3, 0.4) is 0 Å². The number of amides is 6. The second kappa shape index (κ2) is 20.0. The average Bonchev–Trinajstić information content (AvgIpc) is 4.03. The molecule has 0 atom stereocenters. The number of alkyl halides is 1. The molecule has 0 saturated carbocycles. The predicted octanol–water partition coefficient (Wildman–Crippen LogP) is 5.13. The summed E-state index contributed by atoms with van der Waals surface area (Å²) in [5.74, 6) is 1.16. The summed E-state index contributed by atoms with van der Waals surface area (Å²) in [5, 5.41) is 28.6. The Balaban J connectivity index is 0.000000158. The Kier molecular flexibility index (Phi) is 14.0. The number of urea groups is 2. The highest BCUT2D eigenvalue weighted by molar-refractivity contribution is 9.08. The molecule has 6 amide bonds. The van der Waals surface area contributed by atoms with Crippen LogP contribution in [0.5, 0.6) is 0 Å². The minimum absolute atomic E-state index is 0.0837. The number of hydrogen-bond donors (Lipinski definition) is 3. The van der Waals surface area contributed by atoms with Crippen molar-refractivity contribution in [3.63, 3.8) is 0 Å². The molecule has 0 radical (unpaired) electrons. The number of piperidine rings is 2. The van der Waals surface area contributed by atoms with E-state index in [1.165, 1.54) is 4.90 Å². The van der Waals surface area contributed by atoms with Crippen molar-refractivity contribution in [2.24, 2.45) is 10.8 Å². The zero-order chi connectivity index (χ0) is 50.7. The molecule has 4 fully saturated rings. The molecule has 6 aromatic heterocycles. The first-order valence-corrected chi connectivity index (χ1v) is 24.3. The molecule has 4 saturated heterocycles. The first-order chi connectivity index (χ1) is 33.8. The highest BCUT2D eigenvalue weighted by atomic mass is 79.9. The van der Waals surface area contributed by atoms with E-state index in [0.717, 1.165) is 39.7 Å². The maximum atomic E-state index is 13.6. The summed E-state index contributed by atoms with van der Waals surface area (Å²) in [6.45, 7) is 16.9. The van der Waals surface area contributed by atoms with Crippen molar-refractivity contribution in [1.29, 1.82) is 10.5 Å². The molecule has 0 unspecified atom stereocenters. The van der Waals surface area contributed by atoms with Crippen molar-refractivity contribution < 1.29 is 19.2 Å². The molecular formula is C48H55BrN18O4. The normalized spacial score (nSPS) is 17.3. The molecule has 0 aromatic carbocycles. The van der Waals surface area contributed by atoms with E-state index in [-0.39, 0.29) is 40.8 Å². The molecule has 0 aliphatic carbocycles. The van der Waals surface area contributed by atoms with E-state index in [2.05, 4.69) is 124 Å². The molecule has 71 heavy (non-hydrogen) atoms. The summed E-state index contributed by atoms with van der Waals surface area (Å²) in [6, 6.07) is 10.7. The summed E-state index contributed by atoms with van der Waals surface area (Å²) >= 11 is 3.50. The number of carbonyl (C=O) groups is 4. The standard InChI is InChI=1S/C24H27N9O2.C13H15BrN4.C11H13N5O2/c1-23(2,3)15-33-17(11-16-13-28-18(12-25)29-19(16)33)14-32-20(34)24(30-22(32)35)5-9-31(10-6-24)21-26-7-4-8-27-21;1-13(2,3)8-18-10(5-14)4-9-7-16-11(6-15)17-12(9)18;17-8-11(15-10(18)14-8)2-6-16(7-3-11)9-12-4-1-5-13-9/h4,7-8,11,13H,5-6,9-10,14-15H2,1-3H3,(H,30,35);4,7H,5,8H2,1-3H3;1,4-5H,2-3,6-7H2,(H2,14,15,17,18). The number of nitrogens with zero attached hydrogens (tertiary/aromatic N) is 15. The van der Waals surface area contributed by atoms with E-state index in [4.69, 9.17) is 5.26 Å². The number of rotatable bonds is 7. The van der Waals surface area contributed by atoms with Gasteiger partial charge in [-0.15, -0.1) is 0 Å². The van der Waals surface area contributed by atoms with Crippen molar-refractivity contribution in [3.05, 3.63) is 84.5 Å². The lowest BCUT2D eigenvalue weighted by molar-refractivity contribution is -0.132. The van der Waals surface area contributed by atoms with Gasteiger partial charge in [-0.2, -0.15) is 10.5 Å². The lowest BCUT2D eigenvalue weighted by Gasteiger charge is -2.37. The van der Waals surface area contributed by atoms with Crippen LogP contribution in [0.1, 0.15) is 90.3 Å². The minimum atomic E-state index is -0.920. The van der Waals surface area contributed by atoms with Gasteiger partial charge in [0.25, 0.3) is 11.8 Å². The van der Waals surface area contributed by atoms with Gasteiger partial charge in [0.2, 0.25) is 23.5 Å². The fraction of sp³-hybridized carbons (Fsp3) is 0.458. The van der Waals surface area contributed by atoms with Gasteiger partial charge in [-0.3, -0.25) is 19.8 Å². The number of hydrogen-bond acceptors (Lipinski definition) is 16. The maximum Gasteiger partial charge on any atom is 0.325 e. The molecule has 23 heteroatoms. The van der Waals surface area contributed by atoms with Crippen molar-refractivity contribution in [1.82, 2.24) is 69.9 Å². The molecule has 2 spiro atoms. The molecule has 4 aliphatic heterocycles. The summed E-state index contributed by atoms with van der Waals surface area (Å²) < 4.78 is 4.14. The van der Waals surface area contributed by atoms with E-state index in [0.29, 0.717) is 76.0 Å². The van der Waals surface area contributed by atoms with Gasteiger partial charge in [-0.05, 0) is 60.8 Å². The molecule has 10 heterocycles. The van der Waals surface area contributed by atoms with Crippen LogP contribution in [0, 0.1) is 33.5 Å². The molecule has 3 N–H and O–H groups in total. The van der Waals surface area contributed by atoms with Gasteiger partial charge in [0.1, 0.15) is 34.5 Å². The monoisotopic (exact) mass is 1030 g/mol. The average molecular weight is 1030 g/mol. The lowest BCUT2D eigenvalue weighted by Crippen LogP contribution is -2.55. The zero-order valence-corrected chi connectivity index (χ0v) is 42.1. The number of halogens is 1. The van der Waals surface area contributed by atoms with Gasteiger partial charge in [-0.25, -0.2) is 49.5 Å². The van der Waals surface area contributed by atoms with Crippen LogP contribution in [0.2, 0.25) is 0 Å². The van der Waals surface area contributed by atoms with Crippen LogP contribution in [-0.4, -0.2) is 115 Å². The molecule has 10 rings (SSSR count). The summed E-state index contributed by atoms with van der Waals surface area (Å²) in [7, 11) is 0. The molecule has 22 nitrogen and oxygen atoms in total. The maximum absolute atomic E-state index is 13.6. The van der Waals surface area contributed by atoms with Gasteiger partial charge in [0.05, 0.1) is 6.54 Å². The van der Waals surface area contributed by atoms with Gasteiger partial charge < -0.3 is 29.6 Å². The number of fused-ring (bicyclic) bond motifs is 2. The third-order valence-corrected chi connectivity index (χ3v) is 13.1.